The van der Waals surface area contributed by atoms with Crippen LogP contribution in [0.2, 0.25) is 5.02 Å². The lowest BCUT2D eigenvalue weighted by Crippen LogP contribution is -2.68. The predicted octanol–water partition coefficient (Wildman–Crippen LogP) is 0.510. The van der Waals surface area contributed by atoms with Crippen LogP contribution >= 0.6 is 23.4 Å². The summed E-state index contributed by atoms with van der Waals surface area (Å²) in [7, 11) is 0. The topological polar surface area (TPSA) is 197 Å². The number of alkyl halides is 3. The number of hydrogen-bond donors (Lipinski definition) is 4. The Morgan fingerprint density at radius 2 is 1.85 bits per heavy atom. The van der Waals surface area contributed by atoms with Crippen molar-refractivity contribution in [1.29, 1.82) is 0 Å². The van der Waals surface area contributed by atoms with Gasteiger partial charge in [-0.25, -0.2) is 4.79 Å². The number of nitrogens with zero attached hydrogens (tertiary/aromatic N) is 3. The number of β-lactam (4-membered cyclic amide) rings is 1. The maximum absolute atomic E-state index is 13.1. The highest BCUT2D eigenvalue weighted by molar-refractivity contribution is 8.00. The Kier molecular flexibility index (Phi) is 10.3. The van der Waals surface area contributed by atoms with Crippen LogP contribution in [0.25, 0.3) is 0 Å². The molecular weight excluding hydrogens is 659 g/mol. The van der Waals surface area contributed by atoms with Crippen LogP contribution in [0.1, 0.15) is 12.0 Å². The zero-order chi connectivity index (χ0) is 33.9. The molecule has 0 unspecified atom stereocenters. The molecule has 5 rings (SSSR count). The second-order valence-corrected chi connectivity index (χ2v) is 11.7. The lowest BCUT2D eigenvalue weighted by Gasteiger charge is -2.47. The number of carbonyl (C=O) groups excluding carboxylic acids is 4. The number of hydrogen-bond acceptors (Lipinski definition) is 9. The monoisotopic (exact) mass is 683 g/mol. The highest BCUT2D eigenvalue weighted by Gasteiger charge is 2.51. The van der Waals surface area contributed by atoms with E-state index in [4.69, 9.17) is 27.2 Å². The van der Waals surface area contributed by atoms with E-state index in [1.165, 1.54) is 28.8 Å². The number of nitrogens with one attached hydrogen (secondary N) is 1. The largest absolute Gasteiger partial charge is 0.542 e. The standard InChI is InChI=1S/C26H24ClN5O6S.C2HF3O2/c27-18-10-17(1-2-19(18)33)29-20(34)12-30-6-3-14(4-7-30)11-31-8-5-15(23(31)35)9-16-13-39-25-21(28)24(36)32(25)22(16)26(37)38;3-2(4,5)1(6)7/h1-4,6-7,9-10,21,25H,5,8,11-13,28H2,(H2-,29,33,34,37,38);(H,6,7)/b15-9+;/t21-,25-;/m1./s1. The molecule has 0 saturated carbocycles. The molecule has 244 valence electrons. The Morgan fingerprint density at radius 3 is 2.43 bits per heavy atom. The van der Waals surface area contributed by atoms with Gasteiger partial charge in [0.2, 0.25) is 18.4 Å². The van der Waals surface area contributed by atoms with E-state index >= 15 is 0 Å². The van der Waals surface area contributed by atoms with Crippen LogP contribution in [-0.4, -0.2) is 79.6 Å². The first-order valence-corrected chi connectivity index (χ1v) is 14.7. The summed E-state index contributed by atoms with van der Waals surface area (Å²) in [5.74, 6) is -4.83. The van der Waals surface area contributed by atoms with Crippen LogP contribution in [0, 0.1) is 0 Å². The number of carboxylic acids is 2. The molecule has 0 radical (unpaired) electrons. The van der Waals surface area contributed by atoms with Gasteiger partial charge in [0.05, 0.1) is 5.02 Å². The van der Waals surface area contributed by atoms with Gasteiger partial charge in [-0.05, 0) is 41.8 Å². The molecular formula is C28H25ClF3N5O8S. The summed E-state index contributed by atoms with van der Waals surface area (Å²) in [6.45, 7) is 0.894. The van der Waals surface area contributed by atoms with Crippen molar-refractivity contribution in [2.45, 2.75) is 37.1 Å². The number of allylic oxidation sites excluding steroid dienone is 1. The van der Waals surface area contributed by atoms with Gasteiger partial charge in [0.15, 0.2) is 12.4 Å². The van der Waals surface area contributed by atoms with Crippen LogP contribution in [0.5, 0.6) is 5.75 Å². The number of likely N-dealkylation sites (tertiary alicyclic amines) is 1. The SMILES string of the molecule is N[C@@H]1C(=O)N2C(C(=O)O)=C(/C=C3\CCN(Cc4cc[n+](CC(=O)Nc5ccc(O)c(Cl)c5)cc4)C3=O)CS[C@H]12.O=C([O-])C(F)(F)F. The van der Waals surface area contributed by atoms with E-state index < -0.39 is 30.1 Å². The van der Waals surface area contributed by atoms with Crippen LogP contribution in [-0.2, 0) is 37.1 Å². The van der Waals surface area contributed by atoms with Crippen molar-refractivity contribution in [2.24, 2.45) is 5.73 Å². The highest BCUT2D eigenvalue weighted by Crippen LogP contribution is 2.40. The third-order valence-corrected chi connectivity index (χ3v) is 8.55. The summed E-state index contributed by atoms with van der Waals surface area (Å²) in [4.78, 5) is 61.2. The summed E-state index contributed by atoms with van der Waals surface area (Å²) in [6.07, 6.45) is 0.352. The molecule has 2 atom stereocenters. The van der Waals surface area contributed by atoms with E-state index in [0.717, 1.165) is 5.56 Å². The van der Waals surface area contributed by atoms with E-state index in [-0.39, 0.29) is 40.2 Å². The molecule has 2 aromatic rings. The lowest BCUT2D eigenvalue weighted by molar-refractivity contribution is -0.684. The van der Waals surface area contributed by atoms with Gasteiger partial charge in [-0.15, -0.1) is 11.8 Å². The predicted molar refractivity (Wildman–Crippen MR) is 153 cm³/mol. The summed E-state index contributed by atoms with van der Waals surface area (Å²) < 4.78 is 33.2. The first-order chi connectivity index (χ1) is 21.6. The quantitative estimate of drug-likeness (QED) is 0.138. The molecule has 0 aliphatic carbocycles. The van der Waals surface area contributed by atoms with Gasteiger partial charge in [0, 0.05) is 42.2 Å². The van der Waals surface area contributed by atoms with Crippen LogP contribution < -0.4 is 20.7 Å². The fourth-order valence-corrected chi connectivity index (χ4v) is 6.12. The molecule has 3 aliphatic heterocycles. The normalized spacial score (nSPS) is 20.2. The first-order valence-electron chi connectivity index (χ1n) is 13.3. The maximum Gasteiger partial charge on any atom is 0.430 e. The Hall–Kier alpha value is -4.61. The van der Waals surface area contributed by atoms with Gasteiger partial charge < -0.3 is 36.1 Å². The third kappa shape index (κ3) is 7.78. The van der Waals surface area contributed by atoms with Crippen molar-refractivity contribution in [3.63, 3.8) is 0 Å². The van der Waals surface area contributed by atoms with Gasteiger partial charge in [0.1, 0.15) is 28.8 Å². The average molecular weight is 684 g/mol. The number of amides is 3. The number of fused-ring (bicyclic) bond motifs is 1. The minimum atomic E-state index is -5.19. The smallest absolute Gasteiger partial charge is 0.430 e. The number of anilines is 1. The van der Waals surface area contributed by atoms with Crippen molar-refractivity contribution in [3.8, 4) is 5.75 Å². The van der Waals surface area contributed by atoms with Crippen LogP contribution in [0.4, 0.5) is 18.9 Å². The summed E-state index contributed by atoms with van der Waals surface area (Å²) in [5.41, 5.74) is 7.96. The van der Waals surface area contributed by atoms with Crippen molar-refractivity contribution >= 4 is 58.7 Å². The number of phenols is 1. The molecule has 13 nitrogen and oxygen atoms in total. The number of aromatic hydroxyl groups is 1. The summed E-state index contributed by atoms with van der Waals surface area (Å²) in [5, 5.41) is 30.5. The Morgan fingerprint density at radius 1 is 1.20 bits per heavy atom. The van der Waals surface area contributed by atoms with Gasteiger partial charge >= 0.3 is 12.1 Å². The van der Waals surface area contributed by atoms with Crippen LogP contribution in [0.3, 0.4) is 0 Å². The van der Waals surface area contributed by atoms with Gasteiger partial charge in [0.25, 0.3) is 5.91 Å². The molecule has 0 spiro atoms. The van der Waals surface area contributed by atoms with E-state index in [2.05, 4.69) is 5.32 Å². The zero-order valence-electron chi connectivity index (χ0n) is 23.5. The molecule has 3 amide bonds. The fraction of sp³-hybridized carbons (Fsp3) is 0.286. The molecule has 4 heterocycles. The molecule has 46 heavy (non-hydrogen) atoms. The number of thioether (sulfide) groups is 1. The second-order valence-electron chi connectivity index (χ2n) is 10.1. The Labute approximate surface area is 267 Å². The first kappa shape index (κ1) is 34.3. The molecule has 2 saturated heterocycles. The minimum Gasteiger partial charge on any atom is -0.542 e. The number of carboxylic acid groups (broad SMARTS) is 2. The second kappa shape index (κ2) is 13.8. The number of phenolic OH excluding ortho intramolecular Hbond substituents is 1. The zero-order valence-corrected chi connectivity index (χ0v) is 25.1. The number of pyridine rings is 1. The molecule has 5 N–H and O–H groups in total. The average Bonchev–Trinajstić information content (AvgIpc) is 3.33. The number of benzene rings is 1. The highest BCUT2D eigenvalue weighted by atomic mass is 35.5. The summed E-state index contributed by atoms with van der Waals surface area (Å²) >= 11 is 7.26. The van der Waals surface area contributed by atoms with E-state index in [1.807, 2.05) is 12.1 Å². The Bertz CT molecular complexity index is 1650. The van der Waals surface area contributed by atoms with E-state index in [1.54, 1.807) is 34.0 Å². The minimum absolute atomic E-state index is 0.0542. The molecule has 1 aromatic carbocycles. The van der Waals surface area contributed by atoms with Crippen molar-refractivity contribution in [3.05, 3.63) is 76.2 Å². The number of nitrogens with two attached hydrogens (primary N) is 1. The van der Waals surface area contributed by atoms with E-state index in [0.29, 0.717) is 42.1 Å². The van der Waals surface area contributed by atoms with Gasteiger partial charge in [-0.1, -0.05) is 11.6 Å². The van der Waals surface area contributed by atoms with Crippen molar-refractivity contribution in [2.75, 3.05) is 17.6 Å². The van der Waals surface area contributed by atoms with E-state index in [9.17, 15) is 42.6 Å². The fourth-order valence-electron chi connectivity index (χ4n) is 4.68. The number of aromatic nitrogens is 1. The number of aliphatic carboxylic acids is 2. The van der Waals surface area contributed by atoms with Crippen molar-refractivity contribution in [1.82, 2.24) is 9.80 Å². The van der Waals surface area contributed by atoms with Crippen LogP contribution in [0.15, 0.2) is 65.6 Å². The summed E-state index contributed by atoms with van der Waals surface area (Å²) in [6, 6.07) is 7.34. The molecule has 2 fully saturated rings. The van der Waals surface area contributed by atoms with Gasteiger partial charge in [-0.2, -0.15) is 17.7 Å². The number of rotatable bonds is 7. The number of carbonyl (C=O) groups is 5. The molecule has 1 aromatic heterocycles. The number of halogens is 4. The van der Waals surface area contributed by atoms with Gasteiger partial charge in [-0.3, -0.25) is 19.3 Å². The maximum atomic E-state index is 13.1. The molecule has 18 heteroatoms. The molecule has 3 aliphatic rings. The third-order valence-electron chi connectivity index (χ3n) is 6.93. The molecule has 0 bridgehead atoms. The van der Waals surface area contributed by atoms with Crippen molar-refractivity contribution < 1.29 is 57.0 Å². The Balaban J connectivity index is 0.000000617. The lowest BCUT2D eigenvalue weighted by atomic mass is 10.0.